The highest BCUT2D eigenvalue weighted by Crippen LogP contribution is 2.20. The van der Waals surface area contributed by atoms with Gasteiger partial charge in [-0.15, -0.1) is 0 Å². The van der Waals surface area contributed by atoms with Gasteiger partial charge in [-0.3, -0.25) is 4.79 Å². The molecule has 21 heavy (non-hydrogen) atoms. The third kappa shape index (κ3) is 3.20. The van der Waals surface area contributed by atoms with E-state index < -0.39 is 0 Å². The van der Waals surface area contributed by atoms with Gasteiger partial charge in [0.25, 0.3) is 5.91 Å². The normalized spacial score (nSPS) is 10.3. The van der Waals surface area contributed by atoms with E-state index in [1.807, 2.05) is 60.7 Å². The molecule has 1 heterocycles. The van der Waals surface area contributed by atoms with E-state index in [1.165, 1.54) is 0 Å². The first kappa shape index (κ1) is 13.2. The molecule has 0 bridgehead atoms. The van der Waals surface area contributed by atoms with Gasteiger partial charge in [0.1, 0.15) is 5.76 Å². The van der Waals surface area contributed by atoms with Crippen LogP contribution in [0.25, 0.3) is 11.1 Å². The molecule has 0 unspecified atom stereocenters. The molecule has 3 heteroatoms. The van der Waals surface area contributed by atoms with Crippen LogP contribution in [0.5, 0.6) is 0 Å². The van der Waals surface area contributed by atoms with Crippen LogP contribution in [0.4, 0.5) is 0 Å². The Morgan fingerprint density at radius 1 is 0.905 bits per heavy atom. The number of nitrogens with one attached hydrogen (secondary N) is 1. The summed E-state index contributed by atoms with van der Waals surface area (Å²) in [5.74, 6) is 0.631. The number of amides is 1. The molecule has 3 aromatic rings. The van der Waals surface area contributed by atoms with Crippen molar-refractivity contribution in [2.75, 3.05) is 0 Å². The standard InChI is InChI=1S/C18H15NO2/c20-18(19-13-17-10-5-11-21-17)16-9-4-8-15(12-16)14-6-2-1-3-7-14/h1-12H,13H2,(H,19,20). The molecule has 0 aliphatic carbocycles. The Labute approximate surface area is 123 Å². The van der Waals surface area contributed by atoms with Crippen molar-refractivity contribution in [1.82, 2.24) is 5.32 Å². The lowest BCUT2D eigenvalue weighted by Crippen LogP contribution is -2.22. The van der Waals surface area contributed by atoms with Crippen LogP contribution in [-0.2, 0) is 6.54 Å². The average Bonchev–Trinajstić information content (AvgIpc) is 3.07. The van der Waals surface area contributed by atoms with Gasteiger partial charge in [0, 0.05) is 5.56 Å². The largest absolute Gasteiger partial charge is 0.467 e. The summed E-state index contributed by atoms with van der Waals surface area (Å²) in [4.78, 5) is 12.2. The van der Waals surface area contributed by atoms with Crippen molar-refractivity contribution >= 4 is 5.91 Å². The zero-order chi connectivity index (χ0) is 14.5. The first-order valence-electron chi connectivity index (χ1n) is 6.79. The molecule has 2 aromatic carbocycles. The molecule has 1 N–H and O–H groups in total. The van der Waals surface area contributed by atoms with Crippen molar-refractivity contribution in [3.05, 3.63) is 84.3 Å². The van der Waals surface area contributed by atoms with Gasteiger partial charge in [-0.25, -0.2) is 0 Å². The number of carbonyl (C=O) groups is 1. The Balaban J connectivity index is 1.75. The molecule has 0 spiro atoms. The lowest BCUT2D eigenvalue weighted by atomic mass is 10.0. The van der Waals surface area contributed by atoms with Gasteiger partial charge < -0.3 is 9.73 Å². The summed E-state index contributed by atoms with van der Waals surface area (Å²) in [5.41, 5.74) is 2.77. The van der Waals surface area contributed by atoms with Gasteiger partial charge in [0.15, 0.2) is 0 Å². The number of carbonyl (C=O) groups excluding carboxylic acids is 1. The third-order valence-electron chi connectivity index (χ3n) is 3.24. The third-order valence-corrected chi connectivity index (χ3v) is 3.24. The monoisotopic (exact) mass is 277 g/mol. The molecule has 104 valence electrons. The number of hydrogen-bond acceptors (Lipinski definition) is 2. The first-order chi connectivity index (χ1) is 10.3. The lowest BCUT2D eigenvalue weighted by molar-refractivity contribution is 0.0948. The van der Waals surface area contributed by atoms with Crippen LogP contribution in [-0.4, -0.2) is 5.91 Å². The van der Waals surface area contributed by atoms with Gasteiger partial charge in [0.05, 0.1) is 12.8 Å². The molecule has 0 atom stereocenters. The first-order valence-corrected chi connectivity index (χ1v) is 6.79. The van der Waals surface area contributed by atoms with Crippen LogP contribution in [0.1, 0.15) is 16.1 Å². The van der Waals surface area contributed by atoms with Crippen molar-refractivity contribution in [2.45, 2.75) is 6.54 Å². The highest BCUT2D eigenvalue weighted by molar-refractivity contribution is 5.95. The lowest BCUT2D eigenvalue weighted by Gasteiger charge is -2.06. The summed E-state index contributed by atoms with van der Waals surface area (Å²) in [6, 6.07) is 21.2. The molecular formula is C18H15NO2. The fourth-order valence-corrected chi connectivity index (χ4v) is 2.15. The van der Waals surface area contributed by atoms with E-state index in [0.29, 0.717) is 12.1 Å². The zero-order valence-electron chi connectivity index (χ0n) is 11.5. The topological polar surface area (TPSA) is 42.2 Å². The minimum Gasteiger partial charge on any atom is -0.467 e. The molecule has 0 saturated heterocycles. The Morgan fingerprint density at radius 3 is 2.48 bits per heavy atom. The summed E-state index contributed by atoms with van der Waals surface area (Å²) in [7, 11) is 0. The summed E-state index contributed by atoms with van der Waals surface area (Å²) in [6.07, 6.45) is 1.59. The van der Waals surface area contributed by atoms with Crippen molar-refractivity contribution in [3.8, 4) is 11.1 Å². The molecule has 3 nitrogen and oxygen atoms in total. The maximum Gasteiger partial charge on any atom is 0.251 e. The van der Waals surface area contributed by atoms with Crippen LogP contribution in [0.15, 0.2) is 77.4 Å². The second-order valence-corrected chi connectivity index (χ2v) is 4.71. The molecule has 0 aliphatic rings. The molecule has 1 amide bonds. The summed E-state index contributed by atoms with van der Waals surface area (Å²) >= 11 is 0. The van der Waals surface area contributed by atoms with Crippen molar-refractivity contribution in [1.29, 1.82) is 0 Å². The second-order valence-electron chi connectivity index (χ2n) is 4.71. The molecule has 3 rings (SSSR count). The fourth-order valence-electron chi connectivity index (χ4n) is 2.15. The number of rotatable bonds is 4. The maximum atomic E-state index is 12.2. The van der Waals surface area contributed by atoms with Crippen molar-refractivity contribution < 1.29 is 9.21 Å². The van der Waals surface area contributed by atoms with E-state index in [-0.39, 0.29) is 5.91 Å². The van der Waals surface area contributed by atoms with Crippen LogP contribution >= 0.6 is 0 Å². The zero-order valence-corrected chi connectivity index (χ0v) is 11.5. The number of hydrogen-bond donors (Lipinski definition) is 1. The van der Waals surface area contributed by atoms with E-state index in [0.717, 1.165) is 16.9 Å². The van der Waals surface area contributed by atoms with Crippen LogP contribution in [0, 0.1) is 0 Å². The summed E-state index contributed by atoms with van der Waals surface area (Å²) in [5, 5.41) is 2.85. The van der Waals surface area contributed by atoms with Crippen LogP contribution in [0.3, 0.4) is 0 Å². The van der Waals surface area contributed by atoms with Gasteiger partial charge in [0.2, 0.25) is 0 Å². The predicted molar refractivity (Wildman–Crippen MR) is 81.8 cm³/mol. The summed E-state index contributed by atoms with van der Waals surface area (Å²) < 4.78 is 5.20. The molecule has 1 aromatic heterocycles. The van der Waals surface area contributed by atoms with E-state index >= 15 is 0 Å². The van der Waals surface area contributed by atoms with Crippen LogP contribution < -0.4 is 5.32 Å². The molecule has 0 fully saturated rings. The SMILES string of the molecule is O=C(NCc1ccco1)c1cccc(-c2ccccc2)c1. The Morgan fingerprint density at radius 2 is 1.71 bits per heavy atom. The maximum absolute atomic E-state index is 12.2. The predicted octanol–water partition coefficient (Wildman–Crippen LogP) is 3.88. The van der Waals surface area contributed by atoms with Crippen molar-refractivity contribution in [2.24, 2.45) is 0 Å². The van der Waals surface area contributed by atoms with Gasteiger partial charge in [-0.05, 0) is 35.4 Å². The van der Waals surface area contributed by atoms with Gasteiger partial charge in [-0.2, -0.15) is 0 Å². The number of benzene rings is 2. The Hall–Kier alpha value is -2.81. The highest BCUT2D eigenvalue weighted by Gasteiger charge is 2.07. The smallest absolute Gasteiger partial charge is 0.251 e. The van der Waals surface area contributed by atoms with Gasteiger partial charge in [-0.1, -0.05) is 42.5 Å². The quantitative estimate of drug-likeness (QED) is 0.786. The molecular weight excluding hydrogens is 262 g/mol. The summed E-state index contributed by atoms with van der Waals surface area (Å²) in [6.45, 7) is 0.390. The van der Waals surface area contributed by atoms with E-state index in [9.17, 15) is 4.79 Å². The van der Waals surface area contributed by atoms with E-state index in [2.05, 4.69) is 5.32 Å². The van der Waals surface area contributed by atoms with E-state index in [1.54, 1.807) is 12.3 Å². The van der Waals surface area contributed by atoms with Gasteiger partial charge >= 0.3 is 0 Å². The van der Waals surface area contributed by atoms with Crippen molar-refractivity contribution in [3.63, 3.8) is 0 Å². The molecule has 0 radical (unpaired) electrons. The average molecular weight is 277 g/mol. The Bertz CT molecular complexity index is 718. The Kier molecular flexibility index (Phi) is 3.83. The van der Waals surface area contributed by atoms with E-state index in [4.69, 9.17) is 4.42 Å². The molecule has 0 aliphatic heterocycles. The minimum absolute atomic E-state index is 0.107. The molecule has 0 saturated carbocycles. The fraction of sp³-hybridized carbons (Fsp3) is 0.0556. The minimum atomic E-state index is -0.107. The van der Waals surface area contributed by atoms with Crippen LogP contribution in [0.2, 0.25) is 0 Å². The highest BCUT2D eigenvalue weighted by atomic mass is 16.3. The second kappa shape index (κ2) is 6.09. The number of furan rings is 1.